The second-order valence-electron chi connectivity index (χ2n) is 8.92. The molecule has 33 heavy (non-hydrogen) atoms. The molecule has 2 aliphatic rings. The Bertz CT molecular complexity index is 970. The van der Waals surface area contributed by atoms with Crippen molar-refractivity contribution in [2.75, 3.05) is 26.7 Å². The van der Waals surface area contributed by atoms with E-state index in [4.69, 9.17) is 4.74 Å². The van der Waals surface area contributed by atoms with Crippen molar-refractivity contribution < 1.29 is 27.8 Å². The number of aliphatic hydroxyl groups is 1. The highest BCUT2D eigenvalue weighted by Gasteiger charge is 2.50. The molecule has 2 N–H and O–H groups in total. The lowest BCUT2D eigenvalue weighted by Crippen LogP contribution is -2.54. The van der Waals surface area contributed by atoms with E-state index in [1.807, 2.05) is 4.90 Å². The van der Waals surface area contributed by atoms with Crippen LogP contribution in [0.5, 0.6) is 5.75 Å². The lowest BCUT2D eigenvalue weighted by atomic mass is 9.95. The van der Waals surface area contributed by atoms with E-state index in [1.54, 1.807) is 24.3 Å². The summed E-state index contributed by atoms with van der Waals surface area (Å²) in [5, 5.41) is 13.3. The largest absolute Gasteiger partial charge is 0.497 e. The van der Waals surface area contributed by atoms with Crippen LogP contribution in [0, 0.1) is 11.7 Å². The van der Waals surface area contributed by atoms with Gasteiger partial charge in [-0.2, -0.15) is 8.78 Å². The maximum atomic E-state index is 15.2. The zero-order chi connectivity index (χ0) is 23.6. The lowest BCUT2D eigenvalue weighted by molar-refractivity contribution is -0.155. The van der Waals surface area contributed by atoms with E-state index < -0.39 is 35.7 Å². The van der Waals surface area contributed by atoms with Crippen LogP contribution in [-0.4, -0.2) is 54.6 Å². The Hall–Kier alpha value is -2.58. The molecule has 1 aliphatic carbocycles. The molecule has 2 aromatic carbocycles. The van der Waals surface area contributed by atoms with Crippen molar-refractivity contribution in [1.82, 2.24) is 10.2 Å². The quantitative estimate of drug-likeness (QED) is 0.631. The lowest BCUT2D eigenvalue weighted by Gasteiger charge is -2.31. The molecule has 5 nitrogen and oxygen atoms in total. The van der Waals surface area contributed by atoms with Gasteiger partial charge >= 0.3 is 5.92 Å². The number of benzene rings is 2. The summed E-state index contributed by atoms with van der Waals surface area (Å²) in [5.74, 6) is -6.60. The third kappa shape index (κ3) is 5.01. The highest BCUT2D eigenvalue weighted by atomic mass is 19.3. The van der Waals surface area contributed by atoms with Crippen molar-refractivity contribution in [1.29, 1.82) is 0 Å². The number of likely N-dealkylation sites (tertiary alicyclic amines) is 1. The Morgan fingerprint density at radius 3 is 2.42 bits per heavy atom. The standard InChI is InChI=1S/C25H29F3N2O3/c1-33-19-8-9-21(26)20(14-19)23(31)22(15-30-10-4-5-11-30)29-24(32)25(27,28)18-12-16-6-2-3-7-17(16)13-18/h2-3,6-9,14,18,22-23,31H,4-5,10-13,15H2,1H3,(H,29,32)/t22-,23+/m1/s1. The number of ether oxygens (including phenoxy) is 1. The third-order valence-corrected chi connectivity index (χ3v) is 6.74. The monoisotopic (exact) mass is 462 g/mol. The summed E-state index contributed by atoms with van der Waals surface area (Å²) in [6.07, 6.45) is 0.601. The molecular weight excluding hydrogens is 433 g/mol. The van der Waals surface area contributed by atoms with Crippen LogP contribution in [0.2, 0.25) is 0 Å². The fourth-order valence-corrected chi connectivity index (χ4v) is 4.83. The molecule has 0 unspecified atom stereocenters. The maximum absolute atomic E-state index is 15.2. The predicted molar refractivity (Wildman–Crippen MR) is 118 cm³/mol. The smallest absolute Gasteiger partial charge is 0.327 e. The van der Waals surface area contributed by atoms with E-state index in [-0.39, 0.29) is 24.9 Å². The summed E-state index contributed by atoms with van der Waals surface area (Å²) in [6, 6.07) is 9.97. The number of rotatable bonds is 8. The van der Waals surface area contributed by atoms with Crippen LogP contribution in [0.25, 0.3) is 0 Å². The van der Waals surface area contributed by atoms with Crippen LogP contribution in [0.3, 0.4) is 0 Å². The summed E-state index contributed by atoms with van der Waals surface area (Å²) in [5.41, 5.74) is 1.54. The summed E-state index contributed by atoms with van der Waals surface area (Å²) in [7, 11) is 1.41. The normalized spacial score (nSPS) is 18.7. The van der Waals surface area contributed by atoms with Gasteiger partial charge in [0, 0.05) is 18.0 Å². The van der Waals surface area contributed by atoms with Gasteiger partial charge in [-0.05, 0) is 68.1 Å². The maximum Gasteiger partial charge on any atom is 0.327 e. The fourth-order valence-electron chi connectivity index (χ4n) is 4.83. The number of carbonyl (C=O) groups is 1. The number of nitrogens with one attached hydrogen (secondary N) is 1. The van der Waals surface area contributed by atoms with E-state index in [0.29, 0.717) is 5.75 Å². The number of alkyl halides is 2. The SMILES string of the molecule is COc1ccc(F)c([C@H](O)[C@@H](CN2CCCC2)NC(=O)C(F)(F)C2Cc3ccccc3C2)c1. The van der Waals surface area contributed by atoms with Gasteiger partial charge < -0.3 is 20.1 Å². The summed E-state index contributed by atoms with van der Waals surface area (Å²) in [6.45, 7) is 1.60. The van der Waals surface area contributed by atoms with Crippen LogP contribution in [0.15, 0.2) is 42.5 Å². The summed E-state index contributed by atoms with van der Waals surface area (Å²) in [4.78, 5) is 14.8. The van der Waals surface area contributed by atoms with E-state index >= 15 is 8.78 Å². The number of hydrogen-bond acceptors (Lipinski definition) is 4. The molecule has 1 aliphatic heterocycles. The van der Waals surface area contributed by atoms with Gasteiger partial charge in [0.1, 0.15) is 17.7 Å². The van der Waals surface area contributed by atoms with Gasteiger partial charge in [-0.3, -0.25) is 4.79 Å². The topological polar surface area (TPSA) is 61.8 Å². The molecule has 4 rings (SSSR count). The molecule has 8 heteroatoms. The molecule has 0 spiro atoms. The third-order valence-electron chi connectivity index (χ3n) is 6.74. The zero-order valence-electron chi connectivity index (χ0n) is 18.6. The van der Waals surface area contributed by atoms with Crippen molar-refractivity contribution in [3.8, 4) is 5.75 Å². The first kappa shape index (κ1) is 23.6. The number of hydrogen-bond donors (Lipinski definition) is 2. The number of nitrogens with zero attached hydrogens (tertiary/aromatic N) is 1. The van der Waals surface area contributed by atoms with Gasteiger partial charge in [-0.1, -0.05) is 24.3 Å². The summed E-state index contributed by atoms with van der Waals surface area (Å²) >= 11 is 0. The summed E-state index contributed by atoms with van der Waals surface area (Å²) < 4.78 is 50.1. The Labute approximate surface area is 191 Å². The second-order valence-corrected chi connectivity index (χ2v) is 8.92. The van der Waals surface area contributed by atoms with E-state index in [1.165, 1.54) is 19.2 Å². The number of halogens is 3. The van der Waals surface area contributed by atoms with Crippen molar-refractivity contribution >= 4 is 5.91 Å². The van der Waals surface area contributed by atoms with Crippen LogP contribution in [-0.2, 0) is 17.6 Å². The number of methoxy groups -OCH3 is 1. The van der Waals surface area contributed by atoms with Crippen LogP contribution in [0.1, 0.15) is 35.6 Å². The van der Waals surface area contributed by atoms with E-state index in [9.17, 15) is 14.3 Å². The Balaban J connectivity index is 1.54. The Morgan fingerprint density at radius 1 is 1.18 bits per heavy atom. The number of amides is 1. The first-order valence-corrected chi connectivity index (χ1v) is 11.3. The minimum atomic E-state index is -3.63. The predicted octanol–water partition coefficient (Wildman–Crippen LogP) is 3.50. The minimum Gasteiger partial charge on any atom is -0.497 e. The van der Waals surface area contributed by atoms with Gasteiger partial charge in [0.05, 0.1) is 13.2 Å². The average molecular weight is 463 g/mol. The molecule has 1 saturated heterocycles. The first-order chi connectivity index (χ1) is 15.8. The molecule has 1 amide bonds. The molecule has 0 saturated carbocycles. The van der Waals surface area contributed by atoms with Gasteiger partial charge in [0.15, 0.2) is 0 Å². The van der Waals surface area contributed by atoms with Gasteiger partial charge in [-0.25, -0.2) is 4.39 Å². The molecule has 0 aromatic heterocycles. The van der Waals surface area contributed by atoms with Crippen LogP contribution >= 0.6 is 0 Å². The highest BCUT2D eigenvalue weighted by molar-refractivity contribution is 5.84. The van der Waals surface area contributed by atoms with Gasteiger partial charge in [-0.15, -0.1) is 0 Å². The van der Waals surface area contributed by atoms with Crippen LogP contribution in [0.4, 0.5) is 13.2 Å². The molecule has 1 heterocycles. The highest BCUT2D eigenvalue weighted by Crippen LogP contribution is 2.38. The van der Waals surface area contributed by atoms with E-state index in [2.05, 4.69) is 5.32 Å². The van der Waals surface area contributed by atoms with E-state index in [0.717, 1.165) is 43.1 Å². The fraction of sp³-hybridized carbons (Fsp3) is 0.480. The number of aliphatic hydroxyl groups excluding tert-OH is 1. The Morgan fingerprint density at radius 2 is 1.82 bits per heavy atom. The molecular formula is C25H29F3N2O3. The van der Waals surface area contributed by atoms with Crippen molar-refractivity contribution in [2.24, 2.45) is 5.92 Å². The second kappa shape index (κ2) is 9.73. The molecule has 2 aromatic rings. The van der Waals surface area contributed by atoms with Gasteiger partial charge in [0.2, 0.25) is 0 Å². The minimum absolute atomic E-state index is 0.101. The first-order valence-electron chi connectivity index (χ1n) is 11.3. The van der Waals surface area contributed by atoms with Crippen molar-refractivity contribution in [2.45, 2.75) is 43.8 Å². The average Bonchev–Trinajstić information content (AvgIpc) is 3.48. The number of fused-ring (bicyclic) bond motifs is 1. The van der Waals surface area contributed by atoms with Gasteiger partial charge in [0.25, 0.3) is 5.91 Å². The number of carbonyl (C=O) groups excluding carboxylic acids is 1. The molecule has 2 atom stereocenters. The van der Waals surface area contributed by atoms with Crippen molar-refractivity contribution in [3.63, 3.8) is 0 Å². The van der Waals surface area contributed by atoms with Crippen LogP contribution < -0.4 is 10.1 Å². The van der Waals surface area contributed by atoms with Crippen molar-refractivity contribution in [3.05, 3.63) is 65.0 Å². The molecule has 178 valence electrons. The molecule has 1 fully saturated rings. The molecule has 0 radical (unpaired) electrons. The Kier molecular flexibility index (Phi) is 6.95. The molecule has 0 bridgehead atoms. The zero-order valence-corrected chi connectivity index (χ0v) is 18.6.